The fourth-order valence-corrected chi connectivity index (χ4v) is 9.40. The van der Waals surface area contributed by atoms with Crippen LogP contribution < -0.4 is 0 Å². The van der Waals surface area contributed by atoms with Gasteiger partial charge in [-0.05, 0) is 36.4 Å². The van der Waals surface area contributed by atoms with Crippen molar-refractivity contribution in [2.45, 2.75) is 0 Å². The van der Waals surface area contributed by atoms with Gasteiger partial charge in [0.2, 0.25) is 15.9 Å². The third-order valence-corrected chi connectivity index (χ3v) is 9.82. The van der Waals surface area contributed by atoms with Crippen LogP contribution >= 0.6 is 23.6 Å². The van der Waals surface area contributed by atoms with Gasteiger partial charge >= 0.3 is 23.6 Å². The van der Waals surface area contributed by atoms with Crippen LogP contribution in [-0.4, -0.2) is 13.5 Å². The lowest BCUT2D eigenvalue weighted by Gasteiger charge is -1.86. The Morgan fingerprint density at radius 1 is 0.375 bits per heavy atom. The lowest BCUT2D eigenvalue weighted by molar-refractivity contribution is 1.60. The van der Waals surface area contributed by atoms with Crippen LogP contribution in [0.2, 0.25) is 0 Å². The molecule has 4 aromatic rings. The van der Waals surface area contributed by atoms with Gasteiger partial charge in [-0.25, -0.2) is 0 Å². The second-order valence-corrected chi connectivity index (χ2v) is 10.6. The Hall–Kier alpha value is -2.04. The molecule has 24 heavy (non-hydrogen) atoms. The number of hydrogen-bond donors (Lipinski definition) is 0. The predicted octanol–water partition coefficient (Wildman–Crippen LogP) is 6.64. The summed E-state index contributed by atoms with van der Waals surface area (Å²) in [4.78, 5) is 0. The first kappa shape index (κ1) is 15.5. The zero-order valence-corrected chi connectivity index (χ0v) is 15.5. The largest absolute Gasteiger partial charge is 0.488 e. The van der Waals surface area contributed by atoms with Crippen molar-refractivity contribution in [1.82, 2.24) is 13.5 Å². The number of hydrogen-bond acceptors (Lipinski definition) is 3. The molecule has 0 spiro atoms. The van der Waals surface area contributed by atoms with Gasteiger partial charge < -0.3 is 0 Å². The maximum Gasteiger partial charge on any atom is 0.488 e. The maximum absolute atomic E-state index is 5.01. The Labute approximate surface area is 144 Å². The quantitative estimate of drug-likeness (QED) is 0.408. The summed E-state index contributed by atoms with van der Waals surface area (Å²) in [7, 11) is -2.64. The lowest BCUT2D eigenvalue weighted by atomic mass is 10.4. The Bertz CT molecular complexity index is 809. The van der Waals surface area contributed by atoms with Crippen molar-refractivity contribution in [2.75, 3.05) is 0 Å². The molecule has 3 aromatic carbocycles. The molecule has 0 aliphatic carbocycles. The zero-order valence-electron chi connectivity index (χ0n) is 12.8. The Morgan fingerprint density at radius 2 is 0.625 bits per heavy atom. The average molecular weight is 366 g/mol. The highest BCUT2D eigenvalue weighted by atomic mass is 31.2. The topological polar surface area (TPSA) is 38.7 Å². The molecule has 1 heterocycles. The Balaban J connectivity index is 1.92. The van der Waals surface area contributed by atoms with Crippen molar-refractivity contribution in [1.29, 1.82) is 0 Å². The van der Waals surface area contributed by atoms with E-state index in [2.05, 4.69) is 72.8 Å². The van der Waals surface area contributed by atoms with Gasteiger partial charge in [0.1, 0.15) is 0 Å². The van der Waals surface area contributed by atoms with E-state index < -0.39 is 23.6 Å². The van der Waals surface area contributed by atoms with E-state index in [1.165, 1.54) is 15.9 Å². The molecule has 6 heteroatoms. The Morgan fingerprint density at radius 3 is 0.875 bits per heavy atom. The van der Waals surface area contributed by atoms with Crippen LogP contribution in [0, 0.1) is 0 Å². The van der Waals surface area contributed by atoms with Gasteiger partial charge in [0.05, 0.1) is 0 Å². The molecule has 0 radical (unpaired) electrons. The molecule has 0 aliphatic rings. The van der Waals surface area contributed by atoms with E-state index in [9.17, 15) is 0 Å². The van der Waals surface area contributed by atoms with E-state index in [0.717, 1.165) is 0 Å². The summed E-state index contributed by atoms with van der Waals surface area (Å²) >= 11 is 0. The first-order valence-electron chi connectivity index (χ1n) is 7.60. The van der Waals surface area contributed by atoms with E-state index in [1.807, 2.05) is 18.2 Å². The Kier molecular flexibility index (Phi) is 4.67. The lowest BCUT2D eigenvalue weighted by Crippen LogP contribution is -1.80. The number of aromatic nitrogens is 3. The second kappa shape index (κ2) is 7.24. The third-order valence-electron chi connectivity index (χ3n) is 3.47. The van der Waals surface area contributed by atoms with Crippen molar-refractivity contribution in [2.24, 2.45) is 0 Å². The second-order valence-electron chi connectivity index (χ2n) is 5.14. The fraction of sp³-hybridized carbons (Fsp3) is 0. The van der Waals surface area contributed by atoms with E-state index in [4.69, 9.17) is 13.5 Å². The SMILES string of the molecule is c1ccc(-[p+]2n[p+](-c3ccccc3)n[p+](-c3ccccc3)n2)cc1. The monoisotopic (exact) mass is 366 g/mol. The van der Waals surface area contributed by atoms with Crippen molar-refractivity contribution in [3.63, 3.8) is 0 Å². The standard InChI is InChI=1S/C18H15N3P3/c1-4-10-16(11-5-1)22-19-23(17-12-6-2-7-13-17)21-24(20-22)18-14-8-3-9-15-18/h1-15H/q+3. The van der Waals surface area contributed by atoms with Crippen LogP contribution in [0.5, 0.6) is 0 Å². The molecule has 0 N–H and O–H groups in total. The minimum Gasteiger partial charge on any atom is -0.0619 e. The van der Waals surface area contributed by atoms with Gasteiger partial charge in [0.15, 0.2) is 13.5 Å². The minimum absolute atomic E-state index is 0.879. The van der Waals surface area contributed by atoms with Gasteiger partial charge in [-0.3, -0.25) is 0 Å². The number of benzene rings is 3. The van der Waals surface area contributed by atoms with Crippen LogP contribution in [0.1, 0.15) is 0 Å². The van der Waals surface area contributed by atoms with Crippen LogP contribution in [0.15, 0.2) is 91.0 Å². The highest BCUT2D eigenvalue weighted by Crippen LogP contribution is 2.49. The molecule has 114 valence electrons. The average Bonchev–Trinajstić information content (AvgIpc) is 2.70. The van der Waals surface area contributed by atoms with Crippen molar-refractivity contribution >= 4 is 23.6 Å². The number of nitrogens with zero attached hydrogens (tertiary/aromatic N) is 3. The van der Waals surface area contributed by atoms with Gasteiger partial charge in [0.25, 0.3) is 0 Å². The van der Waals surface area contributed by atoms with Crippen LogP contribution in [0.25, 0.3) is 15.9 Å². The summed E-state index contributed by atoms with van der Waals surface area (Å²) in [6.45, 7) is 0. The van der Waals surface area contributed by atoms with E-state index >= 15 is 0 Å². The molecule has 0 amide bonds. The van der Waals surface area contributed by atoms with Gasteiger partial charge in [0, 0.05) is 0 Å². The van der Waals surface area contributed by atoms with Gasteiger partial charge in [-0.15, -0.1) is 0 Å². The normalized spacial score (nSPS) is 12.8. The molecule has 0 aliphatic heterocycles. The highest BCUT2D eigenvalue weighted by Gasteiger charge is 2.38. The summed E-state index contributed by atoms with van der Waals surface area (Å²) in [5.41, 5.74) is 0. The van der Waals surface area contributed by atoms with Crippen molar-refractivity contribution in [3.8, 4) is 15.9 Å². The molecule has 3 nitrogen and oxygen atoms in total. The third kappa shape index (κ3) is 3.40. The van der Waals surface area contributed by atoms with Crippen LogP contribution in [0.4, 0.5) is 0 Å². The van der Waals surface area contributed by atoms with Crippen LogP contribution in [0.3, 0.4) is 0 Å². The summed E-state index contributed by atoms with van der Waals surface area (Å²) in [6.07, 6.45) is 0. The molecule has 0 bridgehead atoms. The van der Waals surface area contributed by atoms with Crippen molar-refractivity contribution in [3.05, 3.63) is 91.0 Å². The van der Waals surface area contributed by atoms with Gasteiger partial charge in [-0.2, -0.15) is 0 Å². The first-order valence-corrected chi connectivity index (χ1v) is 11.3. The predicted molar refractivity (Wildman–Crippen MR) is 105 cm³/mol. The molecule has 4 rings (SSSR count). The van der Waals surface area contributed by atoms with Crippen LogP contribution in [-0.2, 0) is 0 Å². The summed E-state index contributed by atoms with van der Waals surface area (Å²) in [5, 5.41) is 3.61. The maximum atomic E-state index is 5.01. The van der Waals surface area contributed by atoms with E-state index in [-0.39, 0.29) is 0 Å². The summed E-state index contributed by atoms with van der Waals surface area (Å²) < 4.78 is 15.0. The minimum atomic E-state index is -0.879. The molecular weight excluding hydrogens is 351 g/mol. The highest BCUT2D eigenvalue weighted by molar-refractivity contribution is 7.70. The first-order chi connectivity index (χ1) is 11.9. The molecule has 0 saturated carbocycles. The molecular formula is C18H15N3P3+3. The number of rotatable bonds is 3. The summed E-state index contributed by atoms with van der Waals surface area (Å²) in [6, 6.07) is 31.2. The van der Waals surface area contributed by atoms with E-state index in [0.29, 0.717) is 0 Å². The smallest absolute Gasteiger partial charge is 0.0619 e. The molecule has 0 saturated heterocycles. The summed E-state index contributed by atoms with van der Waals surface area (Å²) in [5.74, 6) is 0. The molecule has 0 fully saturated rings. The van der Waals surface area contributed by atoms with E-state index in [1.54, 1.807) is 0 Å². The molecule has 0 unspecified atom stereocenters. The molecule has 0 atom stereocenters. The molecule has 1 aromatic heterocycles. The fourth-order valence-electron chi connectivity index (χ4n) is 2.29. The zero-order chi connectivity index (χ0) is 16.2. The van der Waals surface area contributed by atoms with Crippen molar-refractivity contribution < 1.29 is 0 Å². The van der Waals surface area contributed by atoms with Gasteiger partial charge in [-0.1, -0.05) is 54.6 Å².